The van der Waals surface area contributed by atoms with Gasteiger partial charge in [0.2, 0.25) is 5.09 Å². The normalized spacial score (nSPS) is 23.3. The molecule has 6 heteroatoms. The van der Waals surface area contributed by atoms with E-state index in [1.165, 1.54) is 12.8 Å². The Kier molecular flexibility index (Phi) is 3.88. The molecule has 21 heavy (non-hydrogen) atoms. The van der Waals surface area contributed by atoms with E-state index in [1.807, 2.05) is 0 Å². The Labute approximate surface area is 126 Å². The smallest absolute Gasteiger partial charge is 0.276 e. The van der Waals surface area contributed by atoms with E-state index < -0.39 is 10.0 Å². The summed E-state index contributed by atoms with van der Waals surface area (Å²) in [6.45, 7) is 6.13. The van der Waals surface area contributed by atoms with Crippen molar-refractivity contribution >= 4 is 10.0 Å². The summed E-state index contributed by atoms with van der Waals surface area (Å²) in [4.78, 5) is 0. The molecular formula is C15H24N2O3S. The predicted molar refractivity (Wildman–Crippen MR) is 80.3 cm³/mol. The van der Waals surface area contributed by atoms with Gasteiger partial charge in [0.15, 0.2) is 0 Å². The van der Waals surface area contributed by atoms with Crippen molar-refractivity contribution in [3.63, 3.8) is 0 Å². The molecule has 1 aliphatic carbocycles. The molecule has 2 heterocycles. The maximum absolute atomic E-state index is 12.6. The van der Waals surface area contributed by atoms with Crippen molar-refractivity contribution in [1.82, 2.24) is 9.62 Å². The van der Waals surface area contributed by atoms with Crippen LogP contribution < -0.4 is 5.32 Å². The van der Waals surface area contributed by atoms with Crippen LogP contribution in [0.15, 0.2) is 21.6 Å². The third-order valence-electron chi connectivity index (χ3n) is 4.45. The van der Waals surface area contributed by atoms with Crippen LogP contribution in [0.25, 0.3) is 0 Å². The first-order valence-corrected chi connectivity index (χ1v) is 9.13. The fourth-order valence-electron chi connectivity index (χ4n) is 2.58. The highest BCUT2D eigenvalue weighted by Gasteiger charge is 2.34. The topological polar surface area (TPSA) is 62.6 Å². The Morgan fingerprint density at radius 1 is 1.29 bits per heavy atom. The standard InChI is InChI=1S/C15H24N2O3S/c1-15(2)7-9-17(10-8-15)21(18,19)14-6-5-13(20-14)11-16-12-3-4-12/h5-6,12,16H,3-4,7-11H2,1-2H3. The Morgan fingerprint density at radius 2 is 1.95 bits per heavy atom. The van der Waals surface area contributed by atoms with Gasteiger partial charge >= 0.3 is 0 Å². The van der Waals surface area contributed by atoms with Crippen molar-refractivity contribution in [2.45, 2.75) is 57.2 Å². The zero-order valence-electron chi connectivity index (χ0n) is 12.8. The summed E-state index contributed by atoms with van der Waals surface area (Å²) < 4.78 is 32.2. The van der Waals surface area contributed by atoms with Gasteiger partial charge in [0.05, 0.1) is 6.54 Å². The molecule has 0 atom stereocenters. The molecule has 1 aliphatic heterocycles. The van der Waals surface area contributed by atoms with Crippen LogP contribution in [0.4, 0.5) is 0 Å². The van der Waals surface area contributed by atoms with E-state index >= 15 is 0 Å². The lowest BCUT2D eigenvalue weighted by atomic mass is 9.83. The van der Waals surface area contributed by atoms with Crippen LogP contribution in [-0.4, -0.2) is 31.9 Å². The third kappa shape index (κ3) is 3.49. The first-order valence-electron chi connectivity index (χ1n) is 7.69. The molecule has 118 valence electrons. The van der Waals surface area contributed by atoms with E-state index in [0.717, 1.165) is 12.8 Å². The molecule has 5 nitrogen and oxygen atoms in total. The Bertz CT molecular complexity index is 592. The molecule has 0 radical (unpaired) electrons. The van der Waals surface area contributed by atoms with E-state index in [4.69, 9.17) is 4.42 Å². The molecule has 0 unspecified atom stereocenters. The molecule has 1 saturated carbocycles. The predicted octanol–water partition coefficient (Wildman–Crippen LogP) is 2.34. The number of nitrogens with zero attached hydrogens (tertiary/aromatic N) is 1. The minimum absolute atomic E-state index is 0.0785. The van der Waals surface area contributed by atoms with Crippen LogP contribution >= 0.6 is 0 Å². The molecule has 1 aromatic rings. The van der Waals surface area contributed by atoms with Gasteiger partial charge in [-0.2, -0.15) is 4.31 Å². The van der Waals surface area contributed by atoms with Crippen molar-refractivity contribution in [2.75, 3.05) is 13.1 Å². The van der Waals surface area contributed by atoms with Crippen molar-refractivity contribution in [3.05, 3.63) is 17.9 Å². The molecule has 0 amide bonds. The highest BCUT2D eigenvalue weighted by Crippen LogP contribution is 2.32. The summed E-state index contributed by atoms with van der Waals surface area (Å²) in [6, 6.07) is 3.93. The van der Waals surface area contributed by atoms with Crippen LogP contribution in [0.1, 0.15) is 45.3 Å². The highest BCUT2D eigenvalue weighted by molar-refractivity contribution is 7.89. The van der Waals surface area contributed by atoms with Crippen LogP contribution in [0.5, 0.6) is 0 Å². The van der Waals surface area contributed by atoms with Crippen LogP contribution in [0.2, 0.25) is 0 Å². The molecular weight excluding hydrogens is 288 g/mol. The summed E-state index contributed by atoms with van der Waals surface area (Å²) in [5.41, 5.74) is 0.231. The van der Waals surface area contributed by atoms with Crippen molar-refractivity contribution in [1.29, 1.82) is 0 Å². The minimum atomic E-state index is -3.48. The molecule has 2 aliphatic rings. The van der Waals surface area contributed by atoms with E-state index in [2.05, 4.69) is 19.2 Å². The van der Waals surface area contributed by atoms with Gasteiger partial charge in [-0.05, 0) is 43.2 Å². The van der Waals surface area contributed by atoms with Gasteiger partial charge in [0.1, 0.15) is 5.76 Å². The van der Waals surface area contributed by atoms with E-state index in [9.17, 15) is 8.42 Å². The monoisotopic (exact) mass is 312 g/mol. The number of sulfonamides is 1. The number of hydrogen-bond donors (Lipinski definition) is 1. The summed E-state index contributed by atoms with van der Waals surface area (Å²) in [5.74, 6) is 0.692. The second-order valence-corrected chi connectivity index (χ2v) is 8.81. The van der Waals surface area contributed by atoms with Gasteiger partial charge in [-0.15, -0.1) is 0 Å². The number of rotatable bonds is 5. The number of piperidine rings is 1. The lowest BCUT2D eigenvalue weighted by molar-refractivity contribution is 0.193. The van der Waals surface area contributed by atoms with Crippen molar-refractivity contribution in [2.24, 2.45) is 5.41 Å². The number of furan rings is 1. The number of nitrogens with one attached hydrogen (secondary N) is 1. The Morgan fingerprint density at radius 3 is 2.57 bits per heavy atom. The second kappa shape index (κ2) is 5.41. The van der Waals surface area contributed by atoms with Gasteiger partial charge in [0.25, 0.3) is 10.0 Å². The van der Waals surface area contributed by atoms with Gasteiger partial charge in [-0.25, -0.2) is 8.42 Å². The quantitative estimate of drug-likeness (QED) is 0.906. The average molecular weight is 312 g/mol. The fraction of sp³-hybridized carbons (Fsp3) is 0.733. The van der Waals surface area contributed by atoms with E-state index in [1.54, 1.807) is 16.4 Å². The van der Waals surface area contributed by atoms with Crippen LogP contribution in [0, 0.1) is 5.41 Å². The van der Waals surface area contributed by atoms with Crippen LogP contribution in [-0.2, 0) is 16.6 Å². The maximum atomic E-state index is 12.6. The SMILES string of the molecule is CC1(C)CCN(S(=O)(=O)c2ccc(CNC3CC3)o2)CC1. The molecule has 1 saturated heterocycles. The highest BCUT2D eigenvalue weighted by atomic mass is 32.2. The second-order valence-electron chi connectivity index (χ2n) is 6.94. The molecule has 0 spiro atoms. The van der Waals surface area contributed by atoms with Crippen LogP contribution in [0.3, 0.4) is 0 Å². The van der Waals surface area contributed by atoms with Gasteiger partial charge in [-0.1, -0.05) is 13.8 Å². The Balaban J connectivity index is 1.66. The zero-order chi connectivity index (χ0) is 15.1. The summed E-state index contributed by atoms with van der Waals surface area (Å²) in [7, 11) is -3.48. The molecule has 3 rings (SSSR count). The summed E-state index contributed by atoms with van der Waals surface area (Å²) in [6.07, 6.45) is 4.19. The zero-order valence-corrected chi connectivity index (χ0v) is 13.6. The first kappa shape index (κ1) is 15.1. The van der Waals surface area contributed by atoms with Gasteiger partial charge < -0.3 is 9.73 Å². The fourth-order valence-corrected chi connectivity index (χ4v) is 3.95. The molecule has 1 N–H and O–H groups in total. The van der Waals surface area contributed by atoms with E-state index in [-0.39, 0.29) is 10.5 Å². The molecule has 2 fully saturated rings. The lowest BCUT2D eigenvalue weighted by Crippen LogP contribution is -2.40. The van der Waals surface area contributed by atoms with Crippen molar-refractivity contribution in [3.8, 4) is 0 Å². The summed E-state index contributed by atoms with van der Waals surface area (Å²) in [5, 5.41) is 3.40. The van der Waals surface area contributed by atoms with Gasteiger partial charge in [-0.3, -0.25) is 0 Å². The number of hydrogen-bond acceptors (Lipinski definition) is 4. The first-order chi connectivity index (χ1) is 9.87. The lowest BCUT2D eigenvalue weighted by Gasteiger charge is -2.35. The average Bonchev–Trinajstić information content (AvgIpc) is 3.12. The van der Waals surface area contributed by atoms with Crippen molar-refractivity contribution < 1.29 is 12.8 Å². The minimum Gasteiger partial charge on any atom is -0.447 e. The third-order valence-corrected chi connectivity index (χ3v) is 6.22. The maximum Gasteiger partial charge on any atom is 0.276 e. The molecule has 0 bridgehead atoms. The largest absolute Gasteiger partial charge is 0.447 e. The molecule has 1 aromatic heterocycles. The summed E-state index contributed by atoms with van der Waals surface area (Å²) >= 11 is 0. The Hall–Kier alpha value is -0.850. The molecule has 0 aromatic carbocycles. The van der Waals surface area contributed by atoms with E-state index in [0.29, 0.717) is 31.4 Å². The van der Waals surface area contributed by atoms with Gasteiger partial charge in [0, 0.05) is 19.1 Å².